The van der Waals surface area contributed by atoms with E-state index in [0.717, 1.165) is 31.4 Å². The second kappa shape index (κ2) is 11.1. The summed E-state index contributed by atoms with van der Waals surface area (Å²) >= 11 is 0. The van der Waals surface area contributed by atoms with Gasteiger partial charge < -0.3 is 19.1 Å². The number of hydrogen-bond acceptors (Lipinski definition) is 4. The van der Waals surface area contributed by atoms with Crippen molar-refractivity contribution in [2.24, 2.45) is 0 Å². The van der Waals surface area contributed by atoms with Gasteiger partial charge in [-0.1, -0.05) is 60.7 Å². The topological polar surface area (TPSA) is 48.0 Å². The first-order valence-electron chi connectivity index (χ1n) is 11.8. The van der Waals surface area contributed by atoms with Gasteiger partial charge in [-0.15, -0.1) is 0 Å². The summed E-state index contributed by atoms with van der Waals surface area (Å²) in [5.41, 5.74) is 3.33. The summed E-state index contributed by atoms with van der Waals surface area (Å²) in [4.78, 5) is 15.8. The Kier molecular flexibility index (Phi) is 7.73. The molecule has 34 heavy (non-hydrogen) atoms. The quantitative estimate of drug-likeness (QED) is 0.448. The minimum atomic E-state index is 0.105. The fourth-order valence-electron chi connectivity index (χ4n) is 5.08. The van der Waals surface area contributed by atoms with Crippen LogP contribution in [-0.4, -0.2) is 44.7 Å². The zero-order chi connectivity index (χ0) is 23.9. The first-order chi connectivity index (χ1) is 16.7. The summed E-state index contributed by atoms with van der Waals surface area (Å²) in [5, 5.41) is 0. The molecule has 5 heteroatoms. The van der Waals surface area contributed by atoms with Crippen LogP contribution in [0.1, 0.15) is 41.9 Å². The van der Waals surface area contributed by atoms with Crippen LogP contribution in [-0.2, 0) is 11.2 Å². The Hall–Kier alpha value is -3.47. The van der Waals surface area contributed by atoms with E-state index >= 15 is 0 Å². The summed E-state index contributed by atoms with van der Waals surface area (Å²) in [6, 6.07) is 24.9. The molecule has 0 saturated carbocycles. The van der Waals surface area contributed by atoms with E-state index in [-0.39, 0.29) is 24.3 Å². The Morgan fingerprint density at radius 2 is 1.41 bits per heavy atom. The van der Waals surface area contributed by atoms with Gasteiger partial charge in [0.25, 0.3) is 0 Å². The van der Waals surface area contributed by atoms with Gasteiger partial charge in [0, 0.05) is 18.5 Å². The molecular weight excluding hydrogens is 426 g/mol. The highest BCUT2D eigenvalue weighted by Crippen LogP contribution is 2.39. The predicted molar refractivity (Wildman–Crippen MR) is 134 cm³/mol. The van der Waals surface area contributed by atoms with Crippen molar-refractivity contribution in [1.29, 1.82) is 0 Å². The molecule has 1 aliphatic rings. The molecule has 0 bridgehead atoms. The molecule has 0 spiro atoms. The zero-order valence-electron chi connectivity index (χ0n) is 20.2. The molecule has 1 saturated heterocycles. The molecule has 0 radical (unpaired) electrons. The van der Waals surface area contributed by atoms with E-state index in [0.29, 0.717) is 17.2 Å². The van der Waals surface area contributed by atoms with E-state index in [9.17, 15) is 4.79 Å². The molecule has 1 unspecified atom stereocenters. The highest BCUT2D eigenvalue weighted by molar-refractivity contribution is 5.80. The van der Waals surface area contributed by atoms with Crippen molar-refractivity contribution in [3.8, 4) is 17.2 Å². The number of amides is 1. The third kappa shape index (κ3) is 5.04. The highest BCUT2D eigenvalue weighted by atomic mass is 16.5. The molecule has 0 aromatic heterocycles. The van der Waals surface area contributed by atoms with Crippen LogP contribution in [0.25, 0.3) is 0 Å². The Balaban J connectivity index is 1.66. The summed E-state index contributed by atoms with van der Waals surface area (Å²) in [7, 11) is 4.76. The first kappa shape index (κ1) is 23.7. The summed E-state index contributed by atoms with van der Waals surface area (Å²) in [6.07, 6.45) is 3.40. The molecule has 3 aromatic carbocycles. The maximum atomic E-state index is 13.7. The first-order valence-corrected chi connectivity index (χ1v) is 11.8. The van der Waals surface area contributed by atoms with Gasteiger partial charge in [0.1, 0.15) is 0 Å². The lowest BCUT2D eigenvalue weighted by molar-refractivity contribution is -0.134. The van der Waals surface area contributed by atoms with E-state index in [2.05, 4.69) is 53.4 Å². The summed E-state index contributed by atoms with van der Waals surface area (Å²) < 4.78 is 16.4. The number of carbonyl (C=O) groups is 1. The van der Waals surface area contributed by atoms with E-state index < -0.39 is 0 Å². The van der Waals surface area contributed by atoms with Crippen LogP contribution in [0.15, 0.2) is 72.8 Å². The average Bonchev–Trinajstić information content (AvgIpc) is 2.89. The van der Waals surface area contributed by atoms with Gasteiger partial charge in [-0.25, -0.2) is 0 Å². The number of methoxy groups -OCH3 is 3. The fourth-order valence-corrected chi connectivity index (χ4v) is 5.08. The second-order valence-electron chi connectivity index (χ2n) is 8.66. The third-order valence-corrected chi connectivity index (χ3v) is 6.65. The molecule has 1 aliphatic heterocycles. The average molecular weight is 460 g/mol. The van der Waals surface area contributed by atoms with Crippen LogP contribution in [0.4, 0.5) is 0 Å². The van der Waals surface area contributed by atoms with Gasteiger partial charge in [-0.3, -0.25) is 4.79 Å². The smallest absolute Gasteiger partial charge is 0.227 e. The van der Waals surface area contributed by atoms with E-state index in [1.165, 1.54) is 11.1 Å². The van der Waals surface area contributed by atoms with Crippen LogP contribution in [0.3, 0.4) is 0 Å². The molecule has 178 valence electrons. The number of benzene rings is 3. The molecule has 1 fully saturated rings. The number of piperidine rings is 1. The van der Waals surface area contributed by atoms with Gasteiger partial charge in [-0.05, 0) is 48.1 Å². The Bertz CT molecular complexity index is 1020. The summed E-state index contributed by atoms with van der Waals surface area (Å²) in [6.45, 7) is 0.768. The lowest BCUT2D eigenvalue weighted by Crippen LogP contribution is -2.47. The lowest BCUT2D eigenvalue weighted by Gasteiger charge is -2.41. The van der Waals surface area contributed by atoms with Crippen molar-refractivity contribution >= 4 is 5.91 Å². The number of nitrogens with zero attached hydrogens (tertiary/aromatic N) is 1. The third-order valence-electron chi connectivity index (χ3n) is 6.65. The molecule has 3 aromatic rings. The van der Waals surface area contributed by atoms with E-state index in [4.69, 9.17) is 14.2 Å². The number of carbonyl (C=O) groups excluding carboxylic acids is 1. The second-order valence-corrected chi connectivity index (χ2v) is 8.66. The van der Waals surface area contributed by atoms with Gasteiger partial charge in [-0.2, -0.15) is 0 Å². The van der Waals surface area contributed by atoms with Crippen LogP contribution >= 0.6 is 0 Å². The monoisotopic (exact) mass is 459 g/mol. The SMILES string of the molecule is COc1cc(CC(=O)N2CCCCC2C(c2ccccc2)c2ccccc2)cc(OC)c1OC. The van der Waals surface area contributed by atoms with Crippen molar-refractivity contribution in [3.63, 3.8) is 0 Å². The molecule has 5 nitrogen and oxygen atoms in total. The molecule has 0 N–H and O–H groups in total. The number of hydrogen-bond donors (Lipinski definition) is 0. The van der Waals surface area contributed by atoms with Gasteiger partial charge in [0.05, 0.1) is 27.8 Å². The Labute approximate surface area is 202 Å². The molecule has 1 amide bonds. The molecule has 0 aliphatic carbocycles. The number of ether oxygens (including phenoxy) is 3. The van der Waals surface area contributed by atoms with Crippen LogP contribution in [0, 0.1) is 0 Å². The van der Waals surface area contributed by atoms with Crippen molar-refractivity contribution in [2.75, 3.05) is 27.9 Å². The predicted octanol–water partition coefficient (Wildman–Crippen LogP) is 5.47. The molecule has 4 rings (SSSR count). The maximum absolute atomic E-state index is 13.7. The van der Waals surface area contributed by atoms with E-state index in [1.807, 2.05) is 24.3 Å². The minimum absolute atomic E-state index is 0.105. The van der Waals surface area contributed by atoms with Gasteiger partial charge >= 0.3 is 0 Å². The standard InChI is InChI=1S/C29H33NO4/c1-32-25-18-21(19-26(33-2)29(25)34-3)20-27(31)30-17-11-10-16-24(30)28(22-12-6-4-7-13-22)23-14-8-5-9-15-23/h4-9,12-15,18-19,24,28H,10-11,16-17,20H2,1-3H3. The maximum Gasteiger partial charge on any atom is 0.227 e. The van der Waals surface area contributed by atoms with E-state index in [1.54, 1.807) is 21.3 Å². The normalized spacial score (nSPS) is 15.8. The lowest BCUT2D eigenvalue weighted by atomic mass is 9.80. The largest absolute Gasteiger partial charge is 0.493 e. The molecule has 1 heterocycles. The molecular formula is C29H33NO4. The van der Waals surface area contributed by atoms with Crippen LogP contribution in [0.2, 0.25) is 0 Å². The van der Waals surface area contributed by atoms with Gasteiger partial charge in [0.2, 0.25) is 11.7 Å². The van der Waals surface area contributed by atoms with Crippen molar-refractivity contribution < 1.29 is 19.0 Å². The zero-order valence-corrected chi connectivity index (χ0v) is 20.2. The number of likely N-dealkylation sites (tertiary alicyclic amines) is 1. The van der Waals surface area contributed by atoms with Crippen LogP contribution in [0.5, 0.6) is 17.2 Å². The van der Waals surface area contributed by atoms with Gasteiger partial charge in [0.15, 0.2) is 11.5 Å². The fraction of sp³-hybridized carbons (Fsp3) is 0.345. The number of rotatable bonds is 8. The van der Waals surface area contributed by atoms with Crippen LogP contribution < -0.4 is 14.2 Å². The van der Waals surface area contributed by atoms with Crippen molar-refractivity contribution in [2.45, 2.75) is 37.6 Å². The Morgan fingerprint density at radius 3 is 1.91 bits per heavy atom. The summed E-state index contributed by atoms with van der Waals surface area (Å²) in [5.74, 6) is 1.91. The Morgan fingerprint density at radius 1 is 0.853 bits per heavy atom. The van der Waals surface area contributed by atoms with Crippen molar-refractivity contribution in [3.05, 3.63) is 89.5 Å². The minimum Gasteiger partial charge on any atom is -0.493 e. The highest BCUT2D eigenvalue weighted by Gasteiger charge is 2.34. The molecule has 1 atom stereocenters. The van der Waals surface area contributed by atoms with Crippen molar-refractivity contribution in [1.82, 2.24) is 4.90 Å².